The summed E-state index contributed by atoms with van der Waals surface area (Å²) in [5, 5.41) is 2.05. The zero-order chi connectivity index (χ0) is 19.1. The van der Waals surface area contributed by atoms with E-state index in [4.69, 9.17) is 9.47 Å². The molecule has 0 saturated carbocycles. The number of ketones is 1. The predicted octanol–water partition coefficient (Wildman–Crippen LogP) is 1.01. The van der Waals surface area contributed by atoms with Gasteiger partial charge in [0.05, 0.1) is 7.11 Å². The van der Waals surface area contributed by atoms with Crippen LogP contribution in [-0.4, -0.2) is 55.9 Å². The Morgan fingerprint density at radius 2 is 2.04 bits per heavy atom. The van der Waals surface area contributed by atoms with Crippen molar-refractivity contribution in [2.75, 3.05) is 27.4 Å². The number of methoxy groups -OCH3 is 2. The Kier molecular flexibility index (Phi) is 6.62. The predicted molar refractivity (Wildman–Crippen MR) is 92.3 cm³/mol. The number of barbiturate groups is 1. The fourth-order valence-electron chi connectivity index (χ4n) is 2.46. The maximum absolute atomic E-state index is 12.4. The fourth-order valence-corrected chi connectivity index (χ4v) is 2.46. The number of hydrogen-bond donors (Lipinski definition) is 1. The highest BCUT2D eigenvalue weighted by molar-refractivity contribution is 6.28. The van der Waals surface area contributed by atoms with Gasteiger partial charge >= 0.3 is 6.03 Å². The molecule has 26 heavy (non-hydrogen) atoms. The van der Waals surface area contributed by atoms with Gasteiger partial charge in [-0.05, 0) is 30.2 Å². The first-order chi connectivity index (χ1) is 12.5. The average Bonchev–Trinajstić information content (AvgIpc) is 2.62. The van der Waals surface area contributed by atoms with E-state index in [1.54, 1.807) is 24.3 Å². The molecule has 0 bridgehead atoms. The van der Waals surface area contributed by atoms with Crippen LogP contribution in [-0.2, 0) is 19.1 Å². The quantitative estimate of drug-likeness (QED) is 0.422. The van der Waals surface area contributed by atoms with E-state index < -0.39 is 29.5 Å². The third kappa shape index (κ3) is 4.54. The summed E-state index contributed by atoms with van der Waals surface area (Å²) >= 11 is 0. The highest BCUT2D eigenvalue weighted by Gasteiger charge is 2.43. The van der Waals surface area contributed by atoms with Gasteiger partial charge in [-0.3, -0.25) is 24.6 Å². The van der Waals surface area contributed by atoms with Crippen molar-refractivity contribution in [3.63, 3.8) is 0 Å². The Bertz CT molecular complexity index is 743. The maximum Gasteiger partial charge on any atom is 0.330 e. The summed E-state index contributed by atoms with van der Waals surface area (Å²) in [6, 6.07) is 6.12. The molecule has 8 nitrogen and oxygen atoms in total. The van der Waals surface area contributed by atoms with Gasteiger partial charge in [0.15, 0.2) is 11.7 Å². The Morgan fingerprint density at radius 1 is 1.27 bits per heavy atom. The Balaban J connectivity index is 2.12. The van der Waals surface area contributed by atoms with E-state index in [-0.39, 0.29) is 6.54 Å². The van der Waals surface area contributed by atoms with Crippen LogP contribution in [0.25, 0.3) is 6.08 Å². The second kappa shape index (κ2) is 8.91. The molecule has 1 aromatic carbocycles. The van der Waals surface area contributed by atoms with Crippen molar-refractivity contribution in [3.8, 4) is 5.75 Å². The first-order valence-electron chi connectivity index (χ1n) is 7.99. The topological polar surface area (TPSA) is 102 Å². The number of hydrogen-bond acceptors (Lipinski definition) is 6. The minimum atomic E-state index is -1.57. The molecule has 1 aliphatic heterocycles. The number of urea groups is 1. The second-order valence-electron chi connectivity index (χ2n) is 5.58. The van der Waals surface area contributed by atoms with Crippen molar-refractivity contribution < 1.29 is 28.7 Å². The smallest absolute Gasteiger partial charge is 0.330 e. The zero-order valence-corrected chi connectivity index (χ0v) is 14.6. The van der Waals surface area contributed by atoms with Gasteiger partial charge in [0, 0.05) is 20.3 Å². The molecule has 1 heterocycles. The summed E-state index contributed by atoms with van der Waals surface area (Å²) in [6.07, 6.45) is 3.04. The standard InChI is InChI=1S/C18H20N2O6/c1-25-10-4-9-20-17(23)15(16(22)19-18(20)24)14(21)8-7-12-5-3-6-13(11-12)26-2/h3,5-8,11,15H,4,9-10H2,1-2H3,(H,19,22,24)/b8-7+/t15-/m0/s1. The van der Waals surface area contributed by atoms with Crippen LogP contribution in [0.2, 0.25) is 0 Å². The van der Waals surface area contributed by atoms with Crippen LogP contribution in [0.15, 0.2) is 30.3 Å². The van der Waals surface area contributed by atoms with Crippen molar-refractivity contribution in [2.45, 2.75) is 6.42 Å². The summed E-state index contributed by atoms with van der Waals surface area (Å²) in [6.45, 7) is 0.411. The number of carbonyl (C=O) groups is 4. The Morgan fingerprint density at radius 3 is 2.73 bits per heavy atom. The first-order valence-corrected chi connectivity index (χ1v) is 7.99. The molecule has 1 fully saturated rings. The van der Waals surface area contributed by atoms with Gasteiger partial charge in [-0.25, -0.2) is 4.79 Å². The normalized spacial score (nSPS) is 17.5. The summed E-state index contributed by atoms with van der Waals surface area (Å²) in [5.74, 6) is -3.39. The summed E-state index contributed by atoms with van der Waals surface area (Å²) < 4.78 is 9.97. The third-order valence-corrected chi connectivity index (χ3v) is 3.80. The van der Waals surface area contributed by atoms with E-state index >= 15 is 0 Å². The SMILES string of the molecule is COCCCN1C(=O)NC(=O)[C@H](C(=O)/C=C/c2cccc(OC)c2)C1=O. The minimum absolute atomic E-state index is 0.0646. The largest absolute Gasteiger partial charge is 0.497 e. The minimum Gasteiger partial charge on any atom is -0.497 e. The summed E-state index contributed by atoms with van der Waals surface area (Å²) in [4.78, 5) is 49.4. The van der Waals surface area contributed by atoms with Crippen LogP contribution >= 0.6 is 0 Å². The lowest BCUT2D eigenvalue weighted by molar-refractivity contribution is -0.146. The zero-order valence-electron chi connectivity index (χ0n) is 14.6. The molecule has 1 N–H and O–H groups in total. The molecular formula is C18H20N2O6. The number of nitrogens with one attached hydrogen (secondary N) is 1. The highest BCUT2D eigenvalue weighted by atomic mass is 16.5. The highest BCUT2D eigenvalue weighted by Crippen LogP contribution is 2.16. The van der Waals surface area contributed by atoms with E-state index in [1.807, 2.05) is 5.32 Å². The lowest BCUT2D eigenvalue weighted by Gasteiger charge is -2.28. The van der Waals surface area contributed by atoms with Crippen LogP contribution in [0, 0.1) is 5.92 Å². The number of ether oxygens (including phenoxy) is 2. The molecule has 1 saturated heterocycles. The number of benzene rings is 1. The van der Waals surface area contributed by atoms with Crippen LogP contribution in [0.1, 0.15) is 12.0 Å². The lowest BCUT2D eigenvalue weighted by Crippen LogP contribution is -2.59. The van der Waals surface area contributed by atoms with Gasteiger partial charge in [-0.2, -0.15) is 0 Å². The molecule has 1 aliphatic rings. The Hall–Kier alpha value is -3.00. The number of imide groups is 2. The van der Waals surface area contributed by atoms with Gasteiger partial charge in [0.25, 0.3) is 5.91 Å². The molecule has 1 atom stereocenters. The van der Waals surface area contributed by atoms with E-state index in [0.717, 1.165) is 11.0 Å². The van der Waals surface area contributed by atoms with Gasteiger partial charge in [0.2, 0.25) is 5.91 Å². The second-order valence-corrected chi connectivity index (χ2v) is 5.58. The number of allylic oxidation sites excluding steroid dienone is 1. The van der Waals surface area contributed by atoms with Crippen molar-refractivity contribution >= 4 is 29.7 Å². The Labute approximate surface area is 150 Å². The van der Waals surface area contributed by atoms with Gasteiger partial charge in [0.1, 0.15) is 5.75 Å². The number of carbonyl (C=O) groups excluding carboxylic acids is 4. The van der Waals surface area contributed by atoms with Crippen LogP contribution < -0.4 is 10.1 Å². The molecular weight excluding hydrogens is 340 g/mol. The number of amides is 4. The molecule has 0 aliphatic carbocycles. The van der Waals surface area contributed by atoms with Gasteiger partial charge in [-0.1, -0.05) is 18.2 Å². The molecule has 138 valence electrons. The molecule has 0 aromatic heterocycles. The third-order valence-electron chi connectivity index (χ3n) is 3.80. The molecule has 0 spiro atoms. The average molecular weight is 360 g/mol. The van der Waals surface area contributed by atoms with Crippen LogP contribution in [0.3, 0.4) is 0 Å². The fraction of sp³-hybridized carbons (Fsp3) is 0.333. The molecule has 0 unspecified atom stereocenters. The van der Waals surface area contributed by atoms with Gasteiger partial charge < -0.3 is 9.47 Å². The van der Waals surface area contributed by atoms with Crippen molar-refractivity contribution in [1.29, 1.82) is 0 Å². The molecule has 1 aromatic rings. The van der Waals surface area contributed by atoms with E-state index in [1.165, 1.54) is 20.3 Å². The number of rotatable bonds is 8. The van der Waals surface area contributed by atoms with E-state index in [9.17, 15) is 19.2 Å². The van der Waals surface area contributed by atoms with Crippen LogP contribution in [0.4, 0.5) is 4.79 Å². The first kappa shape index (κ1) is 19.3. The molecule has 8 heteroatoms. The van der Waals surface area contributed by atoms with Crippen LogP contribution in [0.5, 0.6) is 5.75 Å². The monoisotopic (exact) mass is 360 g/mol. The maximum atomic E-state index is 12.4. The summed E-state index contributed by atoms with van der Waals surface area (Å²) in [5.41, 5.74) is 0.675. The summed E-state index contributed by atoms with van der Waals surface area (Å²) in [7, 11) is 3.02. The number of nitrogens with zero attached hydrogens (tertiary/aromatic N) is 1. The van der Waals surface area contributed by atoms with Gasteiger partial charge in [-0.15, -0.1) is 0 Å². The van der Waals surface area contributed by atoms with Crippen molar-refractivity contribution in [2.24, 2.45) is 5.92 Å². The lowest BCUT2D eigenvalue weighted by atomic mass is 9.98. The molecule has 0 radical (unpaired) electrons. The molecule has 4 amide bonds. The molecule has 2 rings (SSSR count). The van der Waals surface area contributed by atoms with E-state index in [0.29, 0.717) is 24.3 Å². The van der Waals surface area contributed by atoms with E-state index in [2.05, 4.69) is 0 Å². The van der Waals surface area contributed by atoms with Crippen molar-refractivity contribution in [3.05, 3.63) is 35.9 Å². The van der Waals surface area contributed by atoms with Crippen molar-refractivity contribution in [1.82, 2.24) is 10.2 Å².